The molecule has 1 aliphatic heterocycles. The van der Waals surface area contributed by atoms with Gasteiger partial charge >= 0.3 is 0 Å². The van der Waals surface area contributed by atoms with Crippen LogP contribution in [0.25, 0.3) is 0 Å². The molecule has 1 amide bonds. The van der Waals surface area contributed by atoms with Crippen molar-refractivity contribution in [1.29, 1.82) is 0 Å². The lowest BCUT2D eigenvalue weighted by Crippen LogP contribution is -2.28. The van der Waals surface area contributed by atoms with Gasteiger partial charge in [0.1, 0.15) is 17.7 Å². The molecule has 3 nitrogen and oxygen atoms in total. The first-order chi connectivity index (χ1) is 13.6. The van der Waals surface area contributed by atoms with E-state index >= 15 is 0 Å². The molecule has 1 saturated heterocycles. The highest BCUT2D eigenvalue weighted by atomic mass is 35.5. The van der Waals surface area contributed by atoms with Crippen molar-refractivity contribution in [2.45, 2.75) is 12.0 Å². The molecule has 1 aliphatic rings. The summed E-state index contributed by atoms with van der Waals surface area (Å²) in [6.07, 6.45) is 0. The Hall–Kier alpha value is -2.14. The van der Waals surface area contributed by atoms with E-state index in [1.165, 1.54) is 0 Å². The summed E-state index contributed by atoms with van der Waals surface area (Å²) < 4.78 is 6.10. The largest absolute Gasteiger partial charge is 0.489 e. The number of hydrogen-bond acceptors (Lipinski definition) is 3. The van der Waals surface area contributed by atoms with Crippen LogP contribution in [0.1, 0.15) is 16.5 Å². The molecule has 0 spiro atoms. The first-order valence-corrected chi connectivity index (χ1v) is 10.6. The fraction of sp³-hybridized carbons (Fsp3) is 0.136. The predicted molar refractivity (Wildman–Crippen MR) is 116 cm³/mol. The van der Waals surface area contributed by atoms with Crippen molar-refractivity contribution in [1.82, 2.24) is 0 Å². The maximum absolute atomic E-state index is 12.6. The van der Waals surface area contributed by atoms with Gasteiger partial charge in [0.25, 0.3) is 0 Å². The van der Waals surface area contributed by atoms with Crippen LogP contribution in [0.4, 0.5) is 5.69 Å². The third-order valence-electron chi connectivity index (χ3n) is 4.44. The number of nitrogens with zero attached hydrogens (tertiary/aromatic N) is 1. The van der Waals surface area contributed by atoms with Crippen LogP contribution in [-0.2, 0) is 11.4 Å². The molecule has 0 unspecified atom stereocenters. The number of hydrogen-bond donors (Lipinski definition) is 0. The molecule has 0 aromatic heterocycles. The molecule has 142 valence electrons. The number of ether oxygens (including phenoxy) is 1. The number of para-hydroxylation sites is 1. The summed E-state index contributed by atoms with van der Waals surface area (Å²) in [5.41, 5.74) is 2.79. The molecule has 0 bridgehead atoms. The van der Waals surface area contributed by atoms with Gasteiger partial charge in [-0.05, 0) is 48.0 Å². The van der Waals surface area contributed by atoms with Gasteiger partial charge in [-0.3, -0.25) is 9.69 Å². The molecular weight excluding hydrogens is 413 g/mol. The van der Waals surface area contributed by atoms with Gasteiger partial charge in [0.2, 0.25) is 5.91 Å². The van der Waals surface area contributed by atoms with Crippen molar-refractivity contribution in [3.63, 3.8) is 0 Å². The summed E-state index contributed by atoms with van der Waals surface area (Å²) in [5, 5.41) is 1.18. The fourth-order valence-corrected chi connectivity index (χ4v) is 4.68. The van der Waals surface area contributed by atoms with E-state index in [1.54, 1.807) is 23.9 Å². The number of rotatable bonds is 5. The van der Waals surface area contributed by atoms with Crippen LogP contribution >= 0.6 is 35.0 Å². The molecule has 3 aromatic carbocycles. The van der Waals surface area contributed by atoms with Gasteiger partial charge in [-0.25, -0.2) is 0 Å². The van der Waals surface area contributed by atoms with Crippen LogP contribution in [0.2, 0.25) is 10.0 Å². The Kier molecular flexibility index (Phi) is 5.81. The minimum absolute atomic E-state index is 0.0713. The first-order valence-electron chi connectivity index (χ1n) is 8.77. The lowest BCUT2D eigenvalue weighted by molar-refractivity contribution is -0.115. The number of halogens is 2. The number of benzene rings is 3. The lowest BCUT2D eigenvalue weighted by Gasteiger charge is -2.26. The Morgan fingerprint density at radius 3 is 2.54 bits per heavy atom. The molecule has 3 aromatic rings. The van der Waals surface area contributed by atoms with E-state index in [4.69, 9.17) is 27.9 Å². The normalized spacial score (nSPS) is 16.4. The highest BCUT2D eigenvalue weighted by molar-refractivity contribution is 8.00. The van der Waals surface area contributed by atoms with Gasteiger partial charge in [0.05, 0.1) is 5.75 Å². The van der Waals surface area contributed by atoms with Crippen molar-refractivity contribution in [2.75, 3.05) is 10.7 Å². The molecule has 28 heavy (non-hydrogen) atoms. The Morgan fingerprint density at radius 1 is 0.964 bits per heavy atom. The van der Waals surface area contributed by atoms with E-state index in [1.807, 2.05) is 65.6 Å². The first kappa shape index (κ1) is 19.2. The van der Waals surface area contributed by atoms with Gasteiger partial charge in [-0.2, -0.15) is 0 Å². The Bertz CT molecular complexity index is 994. The molecular formula is C22H17Cl2NO2S. The maximum atomic E-state index is 12.6. The SMILES string of the molecule is O=C1CS[C@H](c2ccccc2OCc2cccc(Cl)c2)N1c1ccc(Cl)cc1. The molecule has 0 N–H and O–H groups in total. The van der Waals surface area contributed by atoms with E-state index in [9.17, 15) is 4.79 Å². The molecule has 1 fully saturated rings. The number of carbonyl (C=O) groups is 1. The molecule has 4 rings (SSSR count). The molecule has 0 radical (unpaired) electrons. The van der Waals surface area contributed by atoms with Crippen molar-refractivity contribution in [3.05, 3.63) is 94.0 Å². The standard InChI is InChI=1S/C22H17Cl2NO2S/c23-16-8-10-18(11-9-16)25-21(26)14-28-22(25)19-6-1-2-7-20(19)27-13-15-4-3-5-17(24)12-15/h1-12,22H,13-14H2/t22-/m1/s1. The number of thioether (sulfide) groups is 1. The zero-order valence-corrected chi connectivity index (χ0v) is 17.2. The van der Waals surface area contributed by atoms with Crippen LogP contribution in [0.15, 0.2) is 72.8 Å². The maximum Gasteiger partial charge on any atom is 0.238 e. The summed E-state index contributed by atoms with van der Waals surface area (Å²) >= 11 is 13.7. The molecule has 0 saturated carbocycles. The quantitative estimate of drug-likeness (QED) is 0.472. The average Bonchev–Trinajstić information content (AvgIpc) is 3.09. The van der Waals surface area contributed by atoms with E-state index in [-0.39, 0.29) is 11.3 Å². The van der Waals surface area contributed by atoms with Crippen LogP contribution in [-0.4, -0.2) is 11.7 Å². The van der Waals surface area contributed by atoms with Crippen LogP contribution in [0, 0.1) is 0 Å². The molecule has 1 atom stereocenters. The fourth-order valence-electron chi connectivity index (χ4n) is 3.14. The van der Waals surface area contributed by atoms with E-state index < -0.39 is 0 Å². The minimum Gasteiger partial charge on any atom is -0.489 e. The second kappa shape index (κ2) is 8.48. The Balaban J connectivity index is 1.61. The second-order valence-corrected chi connectivity index (χ2v) is 8.30. The van der Waals surface area contributed by atoms with Crippen molar-refractivity contribution < 1.29 is 9.53 Å². The predicted octanol–water partition coefficient (Wildman–Crippen LogP) is 6.35. The van der Waals surface area contributed by atoms with Gasteiger partial charge in [-0.15, -0.1) is 11.8 Å². The minimum atomic E-state index is -0.149. The topological polar surface area (TPSA) is 29.5 Å². The van der Waals surface area contributed by atoms with E-state index in [0.717, 1.165) is 22.6 Å². The van der Waals surface area contributed by atoms with Crippen LogP contribution < -0.4 is 9.64 Å². The lowest BCUT2D eigenvalue weighted by atomic mass is 10.1. The summed E-state index contributed by atoms with van der Waals surface area (Å²) in [6, 6.07) is 22.8. The zero-order valence-electron chi connectivity index (χ0n) is 14.8. The van der Waals surface area contributed by atoms with E-state index in [0.29, 0.717) is 22.4 Å². The smallest absolute Gasteiger partial charge is 0.238 e. The Morgan fingerprint density at radius 2 is 1.75 bits per heavy atom. The van der Waals surface area contributed by atoms with Crippen LogP contribution in [0.5, 0.6) is 5.75 Å². The van der Waals surface area contributed by atoms with E-state index in [2.05, 4.69) is 0 Å². The number of anilines is 1. The van der Waals surface area contributed by atoms with Gasteiger partial charge < -0.3 is 4.74 Å². The summed E-state index contributed by atoms with van der Waals surface area (Å²) in [4.78, 5) is 14.4. The highest BCUT2D eigenvalue weighted by Crippen LogP contribution is 2.45. The van der Waals surface area contributed by atoms with Crippen LogP contribution in [0.3, 0.4) is 0 Å². The number of carbonyl (C=O) groups excluding carboxylic acids is 1. The third-order valence-corrected chi connectivity index (χ3v) is 6.12. The summed E-state index contributed by atoms with van der Waals surface area (Å²) in [6.45, 7) is 0.407. The Labute approximate surface area is 178 Å². The number of amides is 1. The summed E-state index contributed by atoms with van der Waals surface area (Å²) in [7, 11) is 0. The van der Waals surface area contributed by atoms with Gasteiger partial charge in [-0.1, -0.05) is 53.5 Å². The summed E-state index contributed by atoms with van der Waals surface area (Å²) in [5.74, 6) is 1.26. The van der Waals surface area contributed by atoms with Crippen molar-refractivity contribution in [2.24, 2.45) is 0 Å². The van der Waals surface area contributed by atoms with Crippen molar-refractivity contribution in [3.8, 4) is 5.75 Å². The van der Waals surface area contributed by atoms with Gasteiger partial charge in [0, 0.05) is 21.3 Å². The molecule has 6 heteroatoms. The van der Waals surface area contributed by atoms with Crippen molar-refractivity contribution >= 4 is 46.6 Å². The second-order valence-electron chi connectivity index (χ2n) is 6.36. The zero-order chi connectivity index (χ0) is 19.5. The molecule has 0 aliphatic carbocycles. The monoisotopic (exact) mass is 429 g/mol. The third kappa shape index (κ3) is 4.14. The average molecular weight is 430 g/mol. The molecule has 1 heterocycles. The van der Waals surface area contributed by atoms with Gasteiger partial charge in [0.15, 0.2) is 0 Å². The highest BCUT2D eigenvalue weighted by Gasteiger charge is 2.35.